The molecular weight excluding hydrogens is 667 g/mol. The molecular formula is C52H31N3. The Morgan fingerprint density at radius 1 is 0.273 bits per heavy atom. The van der Waals surface area contributed by atoms with Gasteiger partial charge < -0.3 is 13.7 Å². The van der Waals surface area contributed by atoms with Gasteiger partial charge in [0, 0.05) is 54.9 Å². The van der Waals surface area contributed by atoms with Gasteiger partial charge in [0.25, 0.3) is 0 Å². The van der Waals surface area contributed by atoms with E-state index in [1.54, 1.807) is 0 Å². The molecule has 1 aliphatic carbocycles. The monoisotopic (exact) mass is 697 g/mol. The van der Waals surface area contributed by atoms with Gasteiger partial charge >= 0.3 is 0 Å². The molecule has 3 heteroatoms. The minimum absolute atomic E-state index is 1.14. The van der Waals surface area contributed by atoms with Crippen LogP contribution in [0.4, 0.5) is 0 Å². The average Bonchev–Trinajstić information content (AvgIpc) is 3.96. The molecule has 0 amide bonds. The summed E-state index contributed by atoms with van der Waals surface area (Å²) in [5.74, 6) is 0. The van der Waals surface area contributed by atoms with Crippen LogP contribution in [0.25, 0.3) is 116 Å². The first-order valence-electron chi connectivity index (χ1n) is 19.0. The highest BCUT2D eigenvalue weighted by atomic mass is 15.0. The summed E-state index contributed by atoms with van der Waals surface area (Å²) in [7, 11) is 0. The average molecular weight is 698 g/mol. The first kappa shape index (κ1) is 29.1. The molecule has 0 unspecified atom stereocenters. The largest absolute Gasteiger partial charge is 0.309 e. The van der Waals surface area contributed by atoms with E-state index in [1.807, 2.05) is 0 Å². The number of rotatable bonds is 3. The van der Waals surface area contributed by atoms with Gasteiger partial charge in [0.2, 0.25) is 0 Å². The minimum Gasteiger partial charge on any atom is -0.309 e. The second-order valence-corrected chi connectivity index (χ2v) is 14.9. The zero-order valence-corrected chi connectivity index (χ0v) is 29.7. The highest BCUT2D eigenvalue weighted by molar-refractivity contribution is 6.25. The van der Waals surface area contributed by atoms with Crippen LogP contribution in [-0.4, -0.2) is 13.7 Å². The van der Waals surface area contributed by atoms with Gasteiger partial charge in [0.15, 0.2) is 0 Å². The van der Waals surface area contributed by atoms with Gasteiger partial charge in [0.05, 0.1) is 33.1 Å². The zero-order valence-electron chi connectivity index (χ0n) is 29.7. The predicted octanol–water partition coefficient (Wildman–Crippen LogP) is 13.8. The topological polar surface area (TPSA) is 14.8 Å². The quantitative estimate of drug-likeness (QED) is 0.175. The van der Waals surface area contributed by atoms with Gasteiger partial charge in [-0.15, -0.1) is 0 Å². The van der Waals surface area contributed by atoms with E-state index in [-0.39, 0.29) is 0 Å². The molecule has 254 valence electrons. The maximum Gasteiger partial charge on any atom is 0.0625 e. The first-order valence-corrected chi connectivity index (χ1v) is 19.0. The maximum absolute atomic E-state index is 2.49. The lowest BCUT2D eigenvalue weighted by atomic mass is 10.0. The lowest BCUT2D eigenvalue weighted by Crippen LogP contribution is -1.98. The number of hydrogen-bond acceptors (Lipinski definition) is 0. The highest BCUT2D eigenvalue weighted by Crippen LogP contribution is 2.52. The van der Waals surface area contributed by atoms with Crippen LogP contribution in [-0.2, 0) is 0 Å². The maximum atomic E-state index is 2.49. The summed E-state index contributed by atoms with van der Waals surface area (Å²) in [5, 5.41) is 10.2. The van der Waals surface area contributed by atoms with Crippen molar-refractivity contribution in [1.29, 1.82) is 0 Å². The van der Waals surface area contributed by atoms with E-state index >= 15 is 0 Å². The van der Waals surface area contributed by atoms with Crippen molar-refractivity contribution in [3.8, 4) is 39.3 Å². The van der Waals surface area contributed by atoms with Crippen molar-refractivity contribution in [2.24, 2.45) is 0 Å². The van der Waals surface area contributed by atoms with Crippen molar-refractivity contribution in [3.05, 3.63) is 188 Å². The Labute approximate surface area is 316 Å². The van der Waals surface area contributed by atoms with E-state index in [2.05, 4.69) is 202 Å². The number of benzene rings is 9. The Morgan fingerprint density at radius 2 is 0.782 bits per heavy atom. The van der Waals surface area contributed by atoms with Crippen LogP contribution in [0.5, 0.6) is 0 Å². The molecule has 12 aromatic rings. The molecule has 0 N–H and O–H groups in total. The molecule has 0 spiro atoms. The van der Waals surface area contributed by atoms with Gasteiger partial charge in [-0.2, -0.15) is 0 Å². The van der Waals surface area contributed by atoms with Crippen LogP contribution in [0.1, 0.15) is 0 Å². The number of fused-ring (bicyclic) bond motifs is 13. The molecule has 9 aromatic carbocycles. The number of hydrogen-bond donors (Lipinski definition) is 0. The van der Waals surface area contributed by atoms with Crippen LogP contribution in [0.2, 0.25) is 0 Å². The van der Waals surface area contributed by atoms with E-state index in [9.17, 15) is 0 Å². The summed E-state index contributed by atoms with van der Waals surface area (Å²) in [4.78, 5) is 0. The van der Waals surface area contributed by atoms with E-state index < -0.39 is 0 Å². The van der Waals surface area contributed by atoms with Gasteiger partial charge in [-0.05, 0) is 94.2 Å². The molecule has 3 nitrogen and oxygen atoms in total. The van der Waals surface area contributed by atoms with Crippen LogP contribution in [0.3, 0.4) is 0 Å². The van der Waals surface area contributed by atoms with Gasteiger partial charge in [0.1, 0.15) is 0 Å². The Kier molecular flexibility index (Phi) is 5.63. The molecule has 0 aliphatic heterocycles. The highest BCUT2D eigenvalue weighted by Gasteiger charge is 2.27. The molecule has 0 atom stereocenters. The zero-order chi connectivity index (χ0) is 35.8. The van der Waals surface area contributed by atoms with E-state index in [0.29, 0.717) is 0 Å². The first-order chi connectivity index (χ1) is 27.3. The predicted molar refractivity (Wildman–Crippen MR) is 231 cm³/mol. The SMILES string of the molecule is c1ccc(-n2c3ccccc3c3cc4c5ccccc5n(-c5ccc(-n6c7ccccc7c7ccc8c(c76)-c6cccc7cccc-8c67)cc5)c4cc32)cc1. The smallest absolute Gasteiger partial charge is 0.0625 e. The third-order valence-corrected chi connectivity index (χ3v) is 12.1. The fraction of sp³-hybridized carbons (Fsp3) is 0. The summed E-state index contributed by atoms with van der Waals surface area (Å²) < 4.78 is 7.35. The standard InChI is InChI=1S/C52H31N3/c1-2-14-33(15-3-1)53-45-21-7-5-17-37(45)43-30-44-38-18-6-8-22-46(38)54(49(44)31-48(43)53)34-24-26-35(27-25-34)55-47-23-9-4-16-36(47)41-29-28-40-39-19-10-12-32-13-11-20-42(50(32)39)51(40)52(41)55/h1-31H. The van der Waals surface area contributed by atoms with Crippen LogP contribution < -0.4 is 0 Å². The summed E-state index contributed by atoms with van der Waals surface area (Å²) in [6.45, 7) is 0. The lowest BCUT2D eigenvalue weighted by molar-refractivity contribution is 1.14. The summed E-state index contributed by atoms with van der Waals surface area (Å²) in [5.41, 5.74) is 16.0. The molecule has 0 fully saturated rings. The normalized spacial score (nSPS) is 12.4. The second-order valence-electron chi connectivity index (χ2n) is 14.9. The van der Waals surface area contributed by atoms with E-state index in [4.69, 9.17) is 0 Å². The molecule has 0 saturated heterocycles. The van der Waals surface area contributed by atoms with Crippen molar-refractivity contribution < 1.29 is 0 Å². The number of nitrogens with zero attached hydrogens (tertiary/aromatic N) is 3. The fourth-order valence-electron chi connectivity index (χ4n) is 9.91. The summed E-state index contributed by atoms with van der Waals surface area (Å²) >= 11 is 0. The van der Waals surface area contributed by atoms with Gasteiger partial charge in [-0.25, -0.2) is 0 Å². The lowest BCUT2D eigenvalue weighted by Gasteiger charge is -2.14. The van der Waals surface area contributed by atoms with Crippen molar-refractivity contribution in [3.63, 3.8) is 0 Å². The molecule has 3 aromatic heterocycles. The summed E-state index contributed by atoms with van der Waals surface area (Å²) in [6.07, 6.45) is 0. The number of aromatic nitrogens is 3. The fourth-order valence-corrected chi connectivity index (χ4v) is 9.91. The van der Waals surface area contributed by atoms with Crippen molar-refractivity contribution >= 4 is 76.2 Å². The van der Waals surface area contributed by atoms with Crippen molar-refractivity contribution in [2.75, 3.05) is 0 Å². The Balaban J connectivity index is 1.06. The van der Waals surface area contributed by atoms with Crippen molar-refractivity contribution in [1.82, 2.24) is 13.7 Å². The van der Waals surface area contributed by atoms with Crippen LogP contribution in [0, 0.1) is 0 Å². The molecule has 3 heterocycles. The Bertz CT molecular complexity index is 3570. The van der Waals surface area contributed by atoms with Crippen LogP contribution in [0.15, 0.2) is 188 Å². The van der Waals surface area contributed by atoms with Gasteiger partial charge in [-0.3, -0.25) is 0 Å². The molecule has 0 bridgehead atoms. The Morgan fingerprint density at radius 3 is 1.42 bits per heavy atom. The van der Waals surface area contributed by atoms with Crippen molar-refractivity contribution in [2.45, 2.75) is 0 Å². The van der Waals surface area contributed by atoms with Crippen LogP contribution >= 0.6 is 0 Å². The number of para-hydroxylation sites is 4. The Hall–Kier alpha value is -7.36. The molecule has 0 saturated carbocycles. The second kappa shape index (κ2) is 10.6. The van der Waals surface area contributed by atoms with Gasteiger partial charge in [-0.1, -0.05) is 121 Å². The van der Waals surface area contributed by atoms with E-state index in [0.717, 1.165) is 17.1 Å². The third kappa shape index (κ3) is 3.79. The molecule has 55 heavy (non-hydrogen) atoms. The third-order valence-electron chi connectivity index (χ3n) is 12.1. The molecule has 0 radical (unpaired) electrons. The molecule has 1 aliphatic rings. The summed E-state index contributed by atoms with van der Waals surface area (Å²) in [6, 6.07) is 69.4. The molecule has 13 rings (SSSR count). The van der Waals surface area contributed by atoms with E-state index in [1.165, 1.54) is 98.4 Å². The minimum atomic E-state index is 1.14.